The molecule has 1 aromatic heterocycles. The van der Waals surface area contributed by atoms with Crippen molar-refractivity contribution in [2.75, 3.05) is 13.1 Å². The van der Waals surface area contributed by atoms with Crippen LogP contribution in [0.15, 0.2) is 21.6 Å². The van der Waals surface area contributed by atoms with Gasteiger partial charge in [-0.1, -0.05) is 20.8 Å². The molecular weight excluding hydrogens is 240 g/mol. The van der Waals surface area contributed by atoms with Crippen molar-refractivity contribution in [1.82, 2.24) is 10.0 Å². The van der Waals surface area contributed by atoms with Crippen LogP contribution in [0.3, 0.4) is 0 Å². The summed E-state index contributed by atoms with van der Waals surface area (Å²) in [5.74, 6) is 1.18. The van der Waals surface area contributed by atoms with Crippen molar-refractivity contribution < 1.29 is 12.8 Å². The van der Waals surface area contributed by atoms with E-state index in [1.807, 2.05) is 0 Å². The van der Waals surface area contributed by atoms with Gasteiger partial charge in [0.1, 0.15) is 5.76 Å². The first-order chi connectivity index (χ1) is 7.95. The highest BCUT2D eigenvalue weighted by Gasteiger charge is 2.17. The van der Waals surface area contributed by atoms with Crippen molar-refractivity contribution in [2.24, 2.45) is 5.92 Å². The van der Waals surface area contributed by atoms with Gasteiger partial charge in [0.2, 0.25) is 5.09 Å². The molecule has 0 aliphatic carbocycles. The predicted molar refractivity (Wildman–Crippen MR) is 66.1 cm³/mol. The molecule has 0 spiro atoms. The van der Waals surface area contributed by atoms with Gasteiger partial charge in [0.15, 0.2) is 0 Å². The SMILES string of the molecule is CCNS(=O)(=O)c1ccc(CNCC(C)C)o1. The third-order valence-corrected chi connectivity index (χ3v) is 3.51. The van der Waals surface area contributed by atoms with E-state index in [1.165, 1.54) is 6.07 Å². The molecule has 0 amide bonds. The Bertz CT molecular complexity index is 437. The normalized spacial score (nSPS) is 12.2. The lowest BCUT2D eigenvalue weighted by molar-refractivity contribution is 0.395. The molecule has 0 saturated heterocycles. The third-order valence-electron chi connectivity index (χ3n) is 2.09. The molecule has 0 aliphatic rings. The topological polar surface area (TPSA) is 71.3 Å². The fraction of sp³-hybridized carbons (Fsp3) is 0.636. The largest absolute Gasteiger partial charge is 0.447 e. The van der Waals surface area contributed by atoms with E-state index in [2.05, 4.69) is 23.9 Å². The summed E-state index contributed by atoms with van der Waals surface area (Å²) in [7, 11) is -3.48. The van der Waals surface area contributed by atoms with Gasteiger partial charge in [0, 0.05) is 6.54 Å². The van der Waals surface area contributed by atoms with Gasteiger partial charge in [-0.2, -0.15) is 0 Å². The number of furan rings is 1. The lowest BCUT2D eigenvalue weighted by Gasteiger charge is -2.05. The Labute approximate surface area is 103 Å². The Kier molecular flexibility index (Phi) is 5.17. The van der Waals surface area contributed by atoms with E-state index in [0.717, 1.165) is 6.54 Å². The van der Waals surface area contributed by atoms with E-state index in [1.54, 1.807) is 13.0 Å². The van der Waals surface area contributed by atoms with Gasteiger partial charge >= 0.3 is 0 Å². The van der Waals surface area contributed by atoms with E-state index in [9.17, 15) is 8.42 Å². The minimum atomic E-state index is -3.48. The number of nitrogens with one attached hydrogen (secondary N) is 2. The van der Waals surface area contributed by atoms with E-state index >= 15 is 0 Å². The van der Waals surface area contributed by atoms with E-state index < -0.39 is 10.0 Å². The fourth-order valence-corrected chi connectivity index (χ4v) is 2.33. The summed E-state index contributed by atoms with van der Waals surface area (Å²) in [6, 6.07) is 3.15. The second kappa shape index (κ2) is 6.18. The van der Waals surface area contributed by atoms with Gasteiger partial charge < -0.3 is 9.73 Å². The number of hydrogen-bond donors (Lipinski definition) is 2. The van der Waals surface area contributed by atoms with Gasteiger partial charge in [-0.25, -0.2) is 13.1 Å². The quantitative estimate of drug-likeness (QED) is 0.775. The Morgan fingerprint density at radius 1 is 1.35 bits per heavy atom. The number of sulfonamides is 1. The Hall–Kier alpha value is -0.850. The molecule has 2 N–H and O–H groups in total. The zero-order valence-electron chi connectivity index (χ0n) is 10.5. The molecule has 0 aliphatic heterocycles. The highest BCUT2D eigenvalue weighted by Crippen LogP contribution is 2.13. The summed E-state index contributed by atoms with van der Waals surface area (Å²) in [6.07, 6.45) is 0. The van der Waals surface area contributed by atoms with E-state index in [-0.39, 0.29) is 5.09 Å². The Morgan fingerprint density at radius 3 is 2.65 bits per heavy atom. The van der Waals surface area contributed by atoms with Crippen molar-refractivity contribution in [3.63, 3.8) is 0 Å². The summed E-state index contributed by atoms with van der Waals surface area (Å²) < 4.78 is 30.9. The van der Waals surface area contributed by atoms with E-state index in [4.69, 9.17) is 4.42 Å². The van der Waals surface area contributed by atoms with Gasteiger partial charge in [0.25, 0.3) is 10.0 Å². The summed E-state index contributed by atoms with van der Waals surface area (Å²) in [6.45, 7) is 7.71. The van der Waals surface area contributed by atoms with Crippen molar-refractivity contribution in [3.8, 4) is 0 Å². The van der Waals surface area contributed by atoms with Crippen LogP contribution in [0.4, 0.5) is 0 Å². The van der Waals surface area contributed by atoms with E-state index in [0.29, 0.717) is 24.8 Å². The predicted octanol–water partition coefficient (Wildman–Crippen LogP) is 1.32. The van der Waals surface area contributed by atoms with Crippen LogP contribution >= 0.6 is 0 Å². The molecule has 1 aromatic rings. The summed E-state index contributed by atoms with van der Waals surface area (Å²) in [4.78, 5) is 0. The molecule has 0 unspecified atom stereocenters. The van der Waals surface area contributed by atoms with Gasteiger partial charge in [-0.05, 0) is 24.6 Å². The van der Waals surface area contributed by atoms with Crippen LogP contribution < -0.4 is 10.0 Å². The highest BCUT2D eigenvalue weighted by molar-refractivity contribution is 7.89. The molecule has 0 fully saturated rings. The molecule has 98 valence electrons. The van der Waals surface area contributed by atoms with Gasteiger partial charge in [-0.15, -0.1) is 0 Å². The molecule has 0 aromatic carbocycles. The smallest absolute Gasteiger partial charge is 0.273 e. The molecule has 1 rings (SSSR count). The molecular formula is C11H20N2O3S. The molecule has 0 bridgehead atoms. The maximum atomic E-state index is 11.6. The van der Waals surface area contributed by atoms with Gasteiger partial charge in [0.05, 0.1) is 6.54 Å². The lowest BCUT2D eigenvalue weighted by Crippen LogP contribution is -2.22. The van der Waals surface area contributed by atoms with Crippen molar-refractivity contribution in [1.29, 1.82) is 0 Å². The van der Waals surface area contributed by atoms with Crippen LogP contribution in [0, 0.1) is 5.92 Å². The number of hydrogen-bond acceptors (Lipinski definition) is 4. The molecule has 0 atom stereocenters. The van der Waals surface area contributed by atoms with Crippen molar-refractivity contribution in [3.05, 3.63) is 17.9 Å². The standard InChI is InChI=1S/C11H20N2O3S/c1-4-13-17(14,15)11-6-5-10(16-11)8-12-7-9(2)3/h5-6,9,12-13H,4,7-8H2,1-3H3. The molecule has 5 nitrogen and oxygen atoms in total. The molecule has 17 heavy (non-hydrogen) atoms. The molecule has 1 heterocycles. The van der Waals surface area contributed by atoms with Crippen LogP contribution in [-0.4, -0.2) is 21.5 Å². The molecule has 0 saturated carbocycles. The van der Waals surface area contributed by atoms with Crippen LogP contribution in [0.5, 0.6) is 0 Å². The average Bonchev–Trinajstić information content (AvgIpc) is 2.66. The van der Waals surface area contributed by atoms with Crippen LogP contribution in [0.25, 0.3) is 0 Å². The maximum absolute atomic E-state index is 11.6. The Balaban J connectivity index is 2.59. The zero-order chi connectivity index (χ0) is 12.9. The first-order valence-corrected chi connectivity index (χ1v) is 7.23. The van der Waals surface area contributed by atoms with Gasteiger partial charge in [-0.3, -0.25) is 0 Å². The van der Waals surface area contributed by atoms with Crippen molar-refractivity contribution in [2.45, 2.75) is 32.4 Å². The zero-order valence-corrected chi connectivity index (χ0v) is 11.3. The molecule has 6 heteroatoms. The third kappa shape index (κ3) is 4.49. The summed E-state index contributed by atoms with van der Waals surface area (Å²) in [5, 5.41) is 3.16. The molecule has 0 radical (unpaired) electrons. The minimum Gasteiger partial charge on any atom is -0.447 e. The monoisotopic (exact) mass is 260 g/mol. The van der Waals surface area contributed by atoms with Crippen LogP contribution in [0.2, 0.25) is 0 Å². The fourth-order valence-electron chi connectivity index (χ4n) is 1.34. The second-order valence-corrected chi connectivity index (χ2v) is 5.94. The first-order valence-electron chi connectivity index (χ1n) is 5.74. The Morgan fingerprint density at radius 2 is 2.06 bits per heavy atom. The van der Waals surface area contributed by atoms with Crippen LogP contribution in [0.1, 0.15) is 26.5 Å². The second-order valence-electron chi connectivity index (χ2n) is 4.25. The summed E-state index contributed by atoms with van der Waals surface area (Å²) >= 11 is 0. The maximum Gasteiger partial charge on any atom is 0.273 e. The minimum absolute atomic E-state index is 0.0271. The summed E-state index contributed by atoms with van der Waals surface area (Å²) in [5.41, 5.74) is 0. The highest BCUT2D eigenvalue weighted by atomic mass is 32.2. The lowest BCUT2D eigenvalue weighted by atomic mass is 10.2. The average molecular weight is 260 g/mol. The number of rotatable bonds is 7. The first kappa shape index (κ1) is 14.2. The van der Waals surface area contributed by atoms with Crippen LogP contribution in [-0.2, 0) is 16.6 Å². The van der Waals surface area contributed by atoms with Crippen molar-refractivity contribution >= 4 is 10.0 Å².